The van der Waals surface area contributed by atoms with Gasteiger partial charge in [-0.15, -0.1) is 11.3 Å². The fraction of sp³-hybridized carbons (Fsp3) is 0.286. The Kier molecular flexibility index (Phi) is 4.49. The Morgan fingerprint density at radius 3 is 2.70 bits per heavy atom. The summed E-state index contributed by atoms with van der Waals surface area (Å²) in [5, 5.41) is 14.8. The van der Waals surface area contributed by atoms with Gasteiger partial charge in [0, 0.05) is 16.6 Å². The average molecular weight is 291 g/mol. The second kappa shape index (κ2) is 6.13. The minimum absolute atomic E-state index is 0.189. The van der Waals surface area contributed by atoms with Crippen LogP contribution in [-0.4, -0.2) is 16.0 Å². The summed E-state index contributed by atoms with van der Waals surface area (Å²) in [5.74, 6) is -0.304. The number of nitrogens with two attached hydrogens (primary N) is 1. The Morgan fingerprint density at radius 1 is 1.40 bits per heavy atom. The number of hydrogen-bond acceptors (Lipinski definition) is 5. The molecule has 0 radical (unpaired) electrons. The monoisotopic (exact) mass is 291 g/mol. The lowest BCUT2D eigenvalue weighted by molar-refractivity contribution is 0.102. The number of rotatable bonds is 4. The number of nitrogens with zero attached hydrogens (tertiary/aromatic N) is 1. The van der Waals surface area contributed by atoms with Gasteiger partial charge in [-0.25, -0.2) is 4.98 Å². The van der Waals surface area contributed by atoms with Crippen molar-refractivity contribution in [1.82, 2.24) is 4.98 Å². The minimum atomic E-state index is -0.651. The number of benzene rings is 1. The molecule has 106 valence electrons. The molecule has 2 rings (SSSR count). The maximum Gasteiger partial charge on any atom is 0.275 e. The molecule has 0 saturated carbocycles. The third kappa shape index (κ3) is 3.22. The van der Waals surface area contributed by atoms with Gasteiger partial charge in [-0.3, -0.25) is 4.79 Å². The molecular formula is C14H17N3O2S. The fourth-order valence-corrected chi connectivity index (χ4v) is 2.52. The summed E-state index contributed by atoms with van der Waals surface area (Å²) < 4.78 is 0. The first-order chi connectivity index (χ1) is 9.49. The number of thiazole rings is 1. The Morgan fingerprint density at radius 2 is 2.10 bits per heavy atom. The lowest BCUT2D eigenvalue weighted by Crippen LogP contribution is -2.15. The molecule has 2 unspecified atom stereocenters. The summed E-state index contributed by atoms with van der Waals surface area (Å²) in [6.07, 6.45) is -0.651. The molecule has 1 amide bonds. The number of hydrogen-bond donors (Lipinski definition) is 3. The summed E-state index contributed by atoms with van der Waals surface area (Å²) >= 11 is 1.36. The summed E-state index contributed by atoms with van der Waals surface area (Å²) in [4.78, 5) is 16.3. The number of aliphatic hydroxyl groups is 1. The van der Waals surface area contributed by atoms with Crippen molar-refractivity contribution in [1.29, 1.82) is 0 Å². The number of amides is 1. The van der Waals surface area contributed by atoms with Crippen LogP contribution >= 0.6 is 11.3 Å². The summed E-state index contributed by atoms with van der Waals surface area (Å²) in [7, 11) is 0. The van der Waals surface area contributed by atoms with Gasteiger partial charge in [0.05, 0.1) is 12.1 Å². The van der Waals surface area contributed by atoms with E-state index in [-0.39, 0.29) is 11.9 Å². The van der Waals surface area contributed by atoms with Crippen LogP contribution in [-0.2, 0) is 0 Å². The number of aromatic nitrogens is 1. The number of aliphatic hydroxyl groups excluding tert-OH is 1. The highest BCUT2D eigenvalue weighted by atomic mass is 32.1. The molecule has 20 heavy (non-hydrogen) atoms. The van der Waals surface area contributed by atoms with Gasteiger partial charge in [0.2, 0.25) is 0 Å². The Hall–Kier alpha value is -1.76. The summed E-state index contributed by atoms with van der Waals surface area (Å²) in [5.41, 5.74) is 7.32. The van der Waals surface area contributed by atoms with Gasteiger partial charge in [-0.1, -0.05) is 18.2 Å². The van der Waals surface area contributed by atoms with Crippen LogP contribution in [0.25, 0.3) is 0 Å². The Labute approximate surface area is 121 Å². The van der Waals surface area contributed by atoms with Crippen molar-refractivity contribution in [3.8, 4) is 0 Å². The van der Waals surface area contributed by atoms with E-state index in [4.69, 9.17) is 5.73 Å². The van der Waals surface area contributed by atoms with Crippen LogP contribution in [0.5, 0.6) is 0 Å². The Balaban J connectivity index is 2.19. The molecular weight excluding hydrogens is 274 g/mol. The van der Waals surface area contributed by atoms with Crippen LogP contribution in [0.4, 0.5) is 5.69 Å². The highest BCUT2D eigenvalue weighted by Gasteiger charge is 2.15. The van der Waals surface area contributed by atoms with Crippen LogP contribution in [0.1, 0.15) is 47.1 Å². The van der Waals surface area contributed by atoms with E-state index in [1.54, 1.807) is 30.5 Å². The topological polar surface area (TPSA) is 88.2 Å². The van der Waals surface area contributed by atoms with Crippen molar-refractivity contribution in [3.63, 3.8) is 0 Å². The second-order valence-corrected chi connectivity index (χ2v) is 5.47. The first-order valence-electron chi connectivity index (χ1n) is 6.28. The number of nitrogens with one attached hydrogen (secondary N) is 1. The Bertz CT molecular complexity index is 608. The molecule has 2 atom stereocenters. The van der Waals surface area contributed by atoms with Crippen LogP contribution < -0.4 is 11.1 Å². The van der Waals surface area contributed by atoms with E-state index in [0.717, 1.165) is 5.01 Å². The molecule has 0 fully saturated rings. The molecule has 1 aromatic carbocycles. The van der Waals surface area contributed by atoms with Gasteiger partial charge in [-0.05, 0) is 19.9 Å². The third-order valence-corrected chi connectivity index (χ3v) is 3.85. The van der Waals surface area contributed by atoms with E-state index < -0.39 is 6.10 Å². The fourth-order valence-electron chi connectivity index (χ4n) is 1.76. The molecule has 6 heteroatoms. The maximum atomic E-state index is 12.1. The molecule has 1 aromatic heterocycles. The summed E-state index contributed by atoms with van der Waals surface area (Å²) in [6, 6.07) is 6.95. The predicted octanol–water partition coefficient (Wildman–Crippen LogP) is 2.47. The number of para-hydroxylation sites is 1. The molecule has 4 N–H and O–H groups in total. The van der Waals surface area contributed by atoms with Crippen molar-refractivity contribution in [2.45, 2.75) is 26.0 Å². The van der Waals surface area contributed by atoms with Crippen molar-refractivity contribution in [3.05, 3.63) is 45.9 Å². The largest absolute Gasteiger partial charge is 0.389 e. The normalized spacial score (nSPS) is 13.8. The first kappa shape index (κ1) is 14.6. The zero-order chi connectivity index (χ0) is 14.7. The number of carbonyl (C=O) groups excluding carboxylic acids is 1. The van der Waals surface area contributed by atoms with Gasteiger partial charge >= 0.3 is 0 Å². The molecule has 1 heterocycles. The molecule has 0 aliphatic heterocycles. The van der Waals surface area contributed by atoms with Crippen LogP contribution in [0.2, 0.25) is 0 Å². The minimum Gasteiger partial charge on any atom is -0.389 e. The van der Waals surface area contributed by atoms with Gasteiger partial charge in [-0.2, -0.15) is 0 Å². The smallest absolute Gasteiger partial charge is 0.275 e. The highest BCUT2D eigenvalue weighted by molar-refractivity contribution is 7.09. The quantitative estimate of drug-likeness (QED) is 0.807. The van der Waals surface area contributed by atoms with E-state index in [1.807, 2.05) is 13.0 Å². The van der Waals surface area contributed by atoms with E-state index in [9.17, 15) is 9.90 Å². The zero-order valence-electron chi connectivity index (χ0n) is 11.3. The SMILES string of the molecule is CC(N)c1nc(C(=O)Nc2ccccc2C(C)O)cs1. The molecule has 0 aliphatic carbocycles. The highest BCUT2D eigenvalue weighted by Crippen LogP contribution is 2.23. The standard InChI is InChI=1S/C14H17N3O2S/c1-8(15)14-17-12(7-20-14)13(19)16-11-6-4-3-5-10(11)9(2)18/h3-9,18H,15H2,1-2H3,(H,16,19). The number of carbonyl (C=O) groups is 1. The third-order valence-electron chi connectivity index (χ3n) is 2.80. The van der Waals surface area contributed by atoms with E-state index in [1.165, 1.54) is 11.3 Å². The van der Waals surface area contributed by atoms with E-state index in [0.29, 0.717) is 16.9 Å². The van der Waals surface area contributed by atoms with Gasteiger partial charge in [0.15, 0.2) is 0 Å². The van der Waals surface area contributed by atoms with Crippen LogP contribution in [0, 0.1) is 0 Å². The molecule has 0 aliphatic rings. The molecule has 0 saturated heterocycles. The summed E-state index contributed by atoms with van der Waals surface area (Å²) in [6.45, 7) is 3.48. The van der Waals surface area contributed by atoms with Crippen molar-refractivity contribution in [2.24, 2.45) is 5.73 Å². The lowest BCUT2D eigenvalue weighted by Gasteiger charge is -2.12. The zero-order valence-corrected chi connectivity index (χ0v) is 12.1. The van der Waals surface area contributed by atoms with Crippen LogP contribution in [0.3, 0.4) is 0 Å². The number of anilines is 1. The lowest BCUT2D eigenvalue weighted by atomic mass is 10.1. The van der Waals surface area contributed by atoms with Gasteiger partial charge in [0.25, 0.3) is 5.91 Å². The van der Waals surface area contributed by atoms with E-state index >= 15 is 0 Å². The van der Waals surface area contributed by atoms with Gasteiger partial charge < -0.3 is 16.2 Å². The van der Waals surface area contributed by atoms with Gasteiger partial charge in [0.1, 0.15) is 10.7 Å². The van der Waals surface area contributed by atoms with Crippen molar-refractivity contribution in [2.75, 3.05) is 5.32 Å². The van der Waals surface area contributed by atoms with Crippen molar-refractivity contribution >= 4 is 22.9 Å². The molecule has 0 bridgehead atoms. The van der Waals surface area contributed by atoms with Crippen LogP contribution in [0.15, 0.2) is 29.6 Å². The molecule has 5 nitrogen and oxygen atoms in total. The van der Waals surface area contributed by atoms with E-state index in [2.05, 4.69) is 10.3 Å². The predicted molar refractivity (Wildman–Crippen MR) is 79.7 cm³/mol. The molecule has 0 spiro atoms. The second-order valence-electron chi connectivity index (χ2n) is 4.58. The average Bonchev–Trinajstić information content (AvgIpc) is 2.89. The van der Waals surface area contributed by atoms with Crippen molar-refractivity contribution < 1.29 is 9.90 Å². The first-order valence-corrected chi connectivity index (χ1v) is 7.16. The molecule has 2 aromatic rings. The maximum absolute atomic E-state index is 12.1.